The highest BCUT2D eigenvalue weighted by Gasteiger charge is 2.30. The van der Waals surface area contributed by atoms with Crippen molar-refractivity contribution in [2.75, 3.05) is 18.0 Å². The Morgan fingerprint density at radius 1 is 1.09 bits per heavy atom. The third kappa shape index (κ3) is 4.13. The minimum absolute atomic E-state index is 0.0288. The molecular weight excluding hydrogens is 416 g/mol. The van der Waals surface area contributed by atoms with Crippen molar-refractivity contribution in [1.82, 2.24) is 15.3 Å². The molecule has 168 valence electrons. The van der Waals surface area contributed by atoms with Crippen molar-refractivity contribution in [3.05, 3.63) is 51.5 Å². The maximum Gasteiger partial charge on any atom is 0.223 e. The zero-order chi connectivity index (χ0) is 22.2. The van der Waals surface area contributed by atoms with Crippen LogP contribution in [0.4, 0.5) is 5.82 Å². The number of aromatic nitrogens is 2. The number of amides is 1. The van der Waals surface area contributed by atoms with Gasteiger partial charge < -0.3 is 10.2 Å². The van der Waals surface area contributed by atoms with E-state index in [2.05, 4.69) is 60.6 Å². The Hall–Kier alpha value is -2.47. The number of aryl methyl sites for hydroxylation is 2. The predicted molar refractivity (Wildman–Crippen MR) is 131 cm³/mol. The number of carbonyl (C=O) groups excluding carboxylic acids is 1. The quantitative estimate of drug-likeness (QED) is 0.546. The van der Waals surface area contributed by atoms with Gasteiger partial charge >= 0.3 is 0 Å². The van der Waals surface area contributed by atoms with Crippen LogP contribution in [0.1, 0.15) is 72.8 Å². The number of nitrogens with one attached hydrogen (secondary N) is 1. The van der Waals surface area contributed by atoms with Gasteiger partial charge in [0, 0.05) is 35.2 Å². The molecular formula is C26H32N4OS. The molecule has 5 rings (SSSR count). The lowest BCUT2D eigenvalue weighted by Gasteiger charge is -2.34. The number of thiophene rings is 1. The van der Waals surface area contributed by atoms with Crippen LogP contribution in [-0.4, -0.2) is 29.0 Å². The smallest absolute Gasteiger partial charge is 0.223 e. The molecule has 1 amide bonds. The first-order valence-corrected chi connectivity index (χ1v) is 12.7. The second-order valence-electron chi connectivity index (χ2n) is 9.49. The third-order valence-electron chi connectivity index (χ3n) is 7.21. The molecule has 1 N–H and O–H groups in total. The first-order valence-electron chi connectivity index (χ1n) is 11.9. The summed E-state index contributed by atoms with van der Waals surface area (Å²) in [4.78, 5) is 26.6. The van der Waals surface area contributed by atoms with Gasteiger partial charge in [-0.25, -0.2) is 9.97 Å². The van der Waals surface area contributed by atoms with Crippen LogP contribution in [-0.2, 0) is 4.79 Å². The topological polar surface area (TPSA) is 58.1 Å². The van der Waals surface area contributed by atoms with Crippen molar-refractivity contribution in [3.8, 4) is 0 Å². The van der Waals surface area contributed by atoms with Crippen LogP contribution in [0.2, 0.25) is 0 Å². The van der Waals surface area contributed by atoms with Gasteiger partial charge in [0.25, 0.3) is 0 Å². The molecule has 2 aliphatic rings. The Balaban J connectivity index is 1.27. The number of fused-ring (bicyclic) bond motifs is 1. The van der Waals surface area contributed by atoms with E-state index >= 15 is 0 Å². The van der Waals surface area contributed by atoms with Gasteiger partial charge in [-0.2, -0.15) is 0 Å². The monoisotopic (exact) mass is 448 g/mol. The van der Waals surface area contributed by atoms with Crippen molar-refractivity contribution in [3.63, 3.8) is 0 Å². The van der Waals surface area contributed by atoms with Crippen LogP contribution < -0.4 is 10.2 Å². The van der Waals surface area contributed by atoms with E-state index in [1.165, 1.54) is 35.1 Å². The lowest BCUT2D eigenvalue weighted by molar-refractivity contribution is -0.126. The molecule has 6 heteroatoms. The number of hydrogen-bond donors (Lipinski definition) is 1. The lowest BCUT2D eigenvalue weighted by Crippen LogP contribution is -2.41. The van der Waals surface area contributed by atoms with E-state index in [1.807, 2.05) is 0 Å². The Morgan fingerprint density at radius 2 is 1.81 bits per heavy atom. The summed E-state index contributed by atoms with van der Waals surface area (Å²) in [7, 11) is 0. The first-order chi connectivity index (χ1) is 15.5. The number of piperidine rings is 1. The first kappa shape index (κ1) is 21.4. The molecule has 1 aromatic carbocycles. The largest absolute Gasteiger partial charge is 0.356 e. The standard InChI is InChI=1S/C26H32N4OS/c1-16-7-9-19(10-8-16)17(2)27-26(31)21-11-13-30(14-12-21)25-23-18(3)32-15-22(23)28-24(29-25)20-5-4-6-20/h7-10,15,17,20-21H,4-6,11-14H2,1-3H3,(H,27,31). The highest BCUT2D eigenvalue weighted by Crippen LogP contribution is 2.39. The summed E-state index contributed by atoms with van der Waals surface area (Å²) in [6.45, 7) is 8.04. The second-order valence-corrected chi connectivity index (χ2v) is 10.6. The Bertz CT molecular complexity index is 1110. The molecule has 2 fully saturated rings. The van der Waals surface area contributed by atoms with Crippen LogP contribution in [0.25, 0.3) is 10.9 Å². The molecule has 1 atom stereocenters. The zero-order valence-corrected chi connectivity index (χ0v) is 20.0. The van der Waals surface area contributed by atoms with Gasteiger partial charge in [0.1, 0.15) is 11.6 Å². The maximum absolute atomic E-state index is 13.0. The fraction of sp³-hybridized carbons (Fsp3) is 0.500. The summed E-state index contributed by atoms with van der Waals surface area (Å²) >= 11 is 1.76. The van der Waals surface area contributed by atoms with E-state index in [-0.39, 0.29) is 17.9 Å². The maximum atomic E-state index is 13.0. The molecule has 0 radical (unpaired) electrons. The van der Waals surface area contributed by atoms with E-state index in [4.69, 9.17) is 9.97 Å². The van der Waals surface area contributed by atoms with E-state index in [0.717, 1.165) is 48.7 Å². The van der Waals surface area contributed by atoms with E-state index in [1.54, 1.807) is 11.3 Å². The van der Waals surface area contributed by atoms with Gasteiger partial charge in [-0.1, -0.05) is 36.2 Å². The summed E-state index contributed by atoms with van der Waals surface area (Å²) in [5.74, 6) is 2.86. The van der Waals surface area contributed by atoms with Crippen LogP contribution in [0.5, 0.6) is 0 Å². The number of anilines is 1. The number of hydrogen-bond acceptors (Lipinski definition) is 5. The predicted octanol–water partition coefficient (Wildman–Crippen LogP) is 5.67. The number of carbonyl (C=O) groups is 1. The highest BCUT2D eigenvalue weighted by atomic mass is 32.1. The van der Waals surface area contributed by atoms with Crippen molar-refractivity contribution in [1.29, 1.82) is 0 Å². The van der Waals surface area contributed by atoms with E-state index in [9.17, 15) is 4.79 Å². The molecule has 1 saturated carbocycles. The Kier molecular flexibility index (Phi) is 5.89. The van der Waals surface area contributed by atoms with Gasteiger partial charge in [0.2, 0.25) is 5.91 Å². The summed E-state index contributed by atoms with van der Waals surface area (Å²) in [6, 6.07) is 8.44. The van der Waals surface area contributed by atoms with E-state index < -0.39 is 0 Å². The SMILES string of the molecule is Cc1ccc(C(C)NC(=O)C2CCN(c3nc(C4CCC4)nc4csc(C)c34)CC2)cc1. The van der Waals surface area contributed by atoms with Crippen LogP contribution >= 0.6 is 11.3 Å². The lowest BCUT2D eigenvalue weighted by atomic mass is 9.85. The second kappa shape index (κ2) is 8.81. The molecule has 32 heavy (non-hydrogen) atoms. The average Bonchev–Trinajstić information content (AvgIpc) is 3.13. The third-order valence-corrected chi connectivity index (χ3v) is 8.11. The van der Waals surface area contributed by atoms with Crippen molar-refractivity contribution in [2.24, 2.45) is 5.92 Å². The molecule has 1 aliphatic heterocycles. The number of nitrogens with zero attached hydrogens (tertiary/aromatic N) is 3. The molecule has 1 unspecified atom stereocenters. The van der Waals surface area contributed by atoms with Crippen molar-refractivity contribution < 1.29 is 4.79 Å². The normalized spacial score (nSPS) is 18.5. The van der Waals surface area contributed by atoms with Crippen LogP contribution in [0.3, 0.4) is 0 Å². The molecule has 2 aromatic heterocycles. The molecule has 1 saturated heterocycles. The summed E-state index contributed by atoms with van der Waals surface area (Å²) in [6.07, 6.45) is 5.41. The van der Waals surface area contributed by atoms with Gasteiger partial charge in [-0.15, -0.1) is 11.3 Å². The minimum atomic E-state index is 0.0288. The van der Waals surface area contributed by atoms with Crippen LogP contribution in [0, 0.1) is 19.8 Å². The zero-order valence-electron chi connectivity index (χ0n) is 19.2. The summed E-state index contributed by atoms with van der Waals surface area (Å²) in [5, 5.41) is 6.61. The molecule has 0 bridgehead atoms. The minimum Gasteiger partial charge on any atom is -0.356 e. The molecule has 3 heterocycles. The number of rotatable bonds is 5. The number of benzene rings is 1. The van der Waals surface area contributed by atoms with Gasteiger partial charge in [0.05, 0.1) is 16.9 Å². The molecule has 0 spiro atoms. The Labute approximate surface area is 194 Å². The summed E-state index contributed by atoms with van der Waals surface area (Å²) in [5.41, 5.74) is 3.48. The van der Waals surface area contributed by atoms with Crippen LogP contribution in [0.15, 0.2) is 29.6 Å². The fourth-order valence-electron chi connectivity index (χ4n) is 4.81. The average molecular weight is 449 g/mol. The summed E-state index contributed by atoms with van der Waals surface area (Å²) < 4.78 is 0. The fourth-order valence-corrected chi connectivity index (χ4v) is 5.58. The molecule has 5 nitrogen and oxygen atoms in total. The molecule has 1 aliphatic carbocycles. The van der Waals surface area contributed by atoms with E-state index in [0.29, 0.717) is 5.92 Å². The van der Waals surface area contributed by atoms with Gasteiger partial charge in [-0.3, -0.25) is 4.79 Å². The van der Waals surface area contributed by atoms with Crippen molar-refractivity contribution >= 4 is 34.0 Å². The highest BCUT2D eigenvalue weighted by molar-refractivity contribution is 7.11. The van der Waals surface area contributed by atoms with Gasteiger partial charge in [0.15, 0.2) is 0 Å². The Morgan fingerprint density at radius 3 is 2.47 bits per heavy atom. The molecule has 3 aromatic rings. The van der Waals surface area contributed by atoms with Crippen molar-refractivity contribution in [2.45, 2.75) is 64.8 Å². The van der Waals surface area contributed by atoms with Gasteiger partial charge in [-0.05, 0) is 52.0 Å².